The predicted molar refractivity (Wildman–Crippen MR) is 79.9 cm³/mol. The van der Waals surface area contributed by atoms with E-state index in [9.17, 15) is 4.79 Å². The smallest absolute Gasteiger partial charge is 0.230 e. The number of halogens is 1. The largest absolute Gasteiger partial charge is 0.384 e. The summed E-state index contributed by atoms with van der Waals surface area (Å²) in [4.78, 5) is 16.6. The molecule has 0 radical (unpaired) electrons. The van der Waals surface area contributed by atoms with Crippen LogP contribution in [-0.4, -0.2) is 22.6 Å². The van der Waals surface area contributed by atoms with Crippen LogP contribution >= 0.6 is 22.9 Å². The summed E-state index contributed by atoms with van der Waals surface area (Å²) in [5.74, 6) is 5.09. The van der Waals surface area contributed by atoms with Gasteiger partial charge in [-0.1, -0.05) is 46.9 Å². The van der Waals surface area contributed by atoms with Gasteiger partial charge in [0.15, 0.2) is 5.13 Å². The number of nitrogens with one attached hydrogen (secondary N) is 1. The molecule has 2 rings (SSSR count). The van der Waals surface area contributed by atoms with Crippen LogP contribution in [0.1, 0.15) is 10.4 Å². The molecule has 0 saturated heterocycles. The van der Waals surface area contributed by atoms with Crippen LogP contribution in [0.25, 0.3) is 0 Å². The van der Waals surface area contributed by atoms with Crippen molar-refractivity contribution in [3.05, 3.63) is 45.9 Å². The van der Waals surface area contributed by atoms with Crippen molar-refractivity contribution >= 4 is 34.0 Å². The molecule has 20 heavy (non-hydrogen) atoms. The Labute approximate surface area is 125 Å². The zero-order chi connectivity index (χ0) is 14.4. The molecule has 2 N–H and O–H groups in total. The van der Waals surface area contributed by atoms with Gasteiger partial charge in [-0.05, 0) is 17.7 Å². The van der Waals surface area contributed by atoms with Crippen molar-refractivity contribution < 1.29 is 9.90 Å². The lowest BCUT2D eigenvalue weighted by atomic mass is 10.1. The molecule has 102 valence electrons. The summed E-state index contributed by atoms with van der Waals surface area (Å²) in [5, 5.41) is 12.4. The van der Waals surface area contributed by atoms with Crippen LogP contribution in [0.2, 0.25) is 5.02 Å². The summed E-state index contributed by atoms with van der Waals surface area (Å²) in [6, 6.07) is 7.15. The van der Waals surface area contributed by atoms with E-state index in [2.05, 4.69) is 22.1 Å². The molecule has 0 bridgehead atoms. The number of carbonyl (C=O) groups excluding carboxylic acids is 1. The average Bonchev–Trinajstić information content (AvgIpc) is 2.83. The van der Waals surface area contributed by atoms with Crippen LogP contribution in [0.15, 0.2) is 30.5 Å². The van der Waals surface area contributed by atoms with Gasteiger partial charge < -0.3 is 10.4 Å². The summed E-state index contributed by atoms with van der Waals surface area (Å²) in [7, 11) is 0. The van der Waals surface area contributed by atoms with Crippen LogP contribution in [0, 0.1) is 11.8 Å². The molecular weight excluding hydrogens is 296 g/mol. The number of aliphatic hydroxyl groups is 1. The van der Waals surface area contributed by atoms with Gasteiger partial charge in [-0.15, -0.1) is 0 Å². The normalized spacial score (nSPS) is 9.70. The number of benzene rings is 1. The SMILES string of the molecule is O=C(Cc1cccc(Cl)c1)Nc1ncc(C#CCO)s1. The number of amides is 1. The topological polar surface area (TPSA) is 62.2 Å². The van der Waals surface area contributed by atoms with E-state index in [0.717, 1.165) is 5.56 Å². The Balaban J connectivity index is 1.96. The van der Waals surface area contributed by atoms with Gasteiger partial charge in [0.2, 0.25) is 5.91 Å². The molecular formula is C14H11ClN2O2S. The molecule has 1 amide bonds. The fourth-order valence-corrected chi connectivity index (χ4v) is 2.43. The van der Waals surface area contributed by atoms with Gasteiger partial charge in [0.05, 0.1) is 17.5 Å². The van der Waals surface area contributed by atoms with Gasteiger partial charge in [0.1, 0.15) is 6.61 Å². The highest BCUT2D eigenvalue weighted by molar-refractivity contribution is 7.16. The second-order valence-electron chi connectivity index (χ2n) is 3.84. The average molecular weight is 307 g/mol. The summed E-state index contributed by atoms with van der Waals surface area (Å²) in [6.45, 7) is -0.200. The number of thiazole rings is 1. The lowest BCUT2D eigenvalue weighted by Gasteiger charge is -2.02. The van der Waals surface area contributed by atoms with E-state index < -0.39 is 0 Å². The predicted octanol–water partition coefficient (Wildman–Crippen LogP) is 2.32. The van der Waals surface area contributed by atoms with E-state index in [4.69, 9.17) is 16.7 Å². The summed E-state index contributed by atoms with van der Waals surface area (Å²) >= 11 is 7.12. The number of anilines is 1. The van der Waals surface area contributed by atoms with Gasteiger partial charge in [-0.25, -0.2) is 4.98 Å². The first kappa shape index (κ1) is 14.5. The Bertz CT molecular complexity index is 673. The van der Waals surface area contributed by atoms with E-state index in [1.807, 2.05) is 6.07 Å². The molecule has 0 unspecified atom stereocenters. The summed E-state index contributed by atoms with van der Waals surface area (Å²) in [5.41, 5.74) is 0.840. The molecule has 2 aromatic rings. The van der Waals surface area contributed by atoms with Gasteiger partial charge in [0, 0.05) is 5.02 Å². The highest BCUT2D eigenvalue weighted by Crippen LogP contribution is 2.17. The number of aromatic nitrogens is 1. The van der Waals surface area contributed by atoms with E-state index in [-0.39, 0.29) is 18.9 Å². The second-order valence-corrected chi connectivity index (χ2v) is 5.31. The molecule has 1 heterocycles. The minimum Gasteiger partial charge on any atom is -0.384 e. The third-order valence-electron chi connectivity index (χ3n) is 2.30. The van der Waals surface area contributed by atoms with Crippen LogP contribution in [-0.2, 0) is 11.2 Å². The lowest BCUT2D eigenvalue weighted by Crippen LogP contribution is -2.14. The minimum atomic E-state index is -0.200. The highest BCUT2D eigenvalue weighted by atomic mass is 35.5. The molecule has 0 spiro atoms. The first-order valence-corrected chi connectivity index (χ1v) is 6.96. The van der Waals surface area contributed by atoms with Crippen molar-refractivity contribution in [2.75, 3.05) is 11.9 Å². The third-order valence-corrected chi connectivity index (χ3v) is 3.36. The standard InChI is InChI=1S/C14H11ClN2O2S/c15-11-4-1-3-10(7-11)8-13(19)17-14-16-9-12(20-14)5-2-6-18/h1,3-4,7,9,18H,6,8H2,(H,16,17,19). The van der Waals surface area contributed by atoms with Gasteiger partial charge in [-0.3, -0.25) is 4.79 Å². The lowest BCUT2D eigenvalue weighted by molar-refractivity contribution is -0.115. The first-order chi connectivity index (χ1) is 9.67. The monoisotopic (exact) mass is 306 g/mol. The Kier molecular flexibility index (Phi) is 5.13. The zero-order valence-electron chi connectivity index (χ0n) is 10.4. The quantitative estimate of drug-likeness (QED) is 0.856. The fraction of sp³-hybridized carbons (Fsp3) is 0.143. The summed E-state index contributed by atoms with van der Waals surface area (Å²) in [6.07, 6.45) is 1.79. The second kappa shape index (κ2) is 7.06. The van der Waals surface area contributed by atoms with Crippen molar-refractivity contribution in [1.82, 2.24) is 4.98 Å². The fourth-order valence-electron chi connectivity index (χ4n) is 1.51. The maximum Gasteiger partial charge on any atom is 0.230 e. The number of rotatable bonds is 3. The van der Waals surface area contributed by atoms with E-state index in [1.165, 1.54) is 11.3 Å². The van der Waals surface area contributed by atoms with Crippen LogP contribution in [0.3, 0.4) is 0 Å². The van der Waals surface area contributed by atoms with Crippen molar-refractivity contribution in [3.63, 3.8) is 0 Å². The van der Waals surface area contributed by atoms with Crippen molar-refractivity contribution in [1.29, 1.82) is 0 Å². The zero-order valence-corrected chi connectivity index (χ0v) is 12.0. The van der Waals surface area contributed by atoms with Gasteiger partial charge in [0.25, 0.3) is 0 Å². The van der Waals surface area contributed by atoms with E-state index >= 15 is 0 Å². The van der Waals surface area contributed by atoms with Crippen molar-refractivity contribution in [2.45, 2.75) is 6.42 Å². The van der Waals surface area contributed by atoms with Crippen LogP contribution in [0.4, 0.5) is 5.13 Å². The van der Waals surface area contributed by atoms with Gasteiger partial charge >= 0.3 is 0 Å². The molecule has 6 heteroatoms. The molecule has 1 aromatic heterocycles. The number of hydrogen-bond acceptors (Lipinski definition) is 4. The maximum absolute atomic E-state index is 11.9. The number of carbonyl (C=O) groups is 1. The highest BCUT2D eigenvalue weighted by Gasteiger charge is 2.07. The number of nitrogens with zero attached hydrogens (tertiary/aromatic N) is 1. The first-order valence-electron chi connectivity index (χ1n) is 5.77. The Morgan fingerprint density at radius 3 is 3.10 bits per heavy atom. The molecule has 0 aliphatic rings. The molecule has 4 nitrogen and oxygen atoms in total. The molecule has 0 fully saturated rings. The van der Waals surface area contributed by atoms with E-state index in [1.54, 1.807) is 24.4 Å². The van der Waals surface area contributed by atoms with Crippen LogP contribution < -0.4 is 5.32 Å². The third kappa shape index (κ3) is 4.35. The molecule has 1 aromatic carbocycles. The molecule has 0 aliphatic heterocycles. The molecule has 0 aliphatic carbocycles. The van der Waals surface area contributed by atoms with E-state index in [0.29, 0.717) is 15.0 Å². The molecule has 0 atom stereocenters. The Morgan fingerprint density at radius 1 is 1.50 bits per heavy atom. The molecule has 0 saturated carbocycles. The number of aliphatic hydroxyl groups excluding tert-OH is 1. The van der Waals surface area contributed by atoms with Crippen LogP contribution in [0.5, 0.6) is 0 Å². The van der Waals surface area contributed by atoms with Crippen molar-refractivity contribution in [3.8, 4) is 11.8 Å². The summed E-state index contributed by atoms with van der Waals surface area (Å²) < 4.78 is 0. The minimum absolute atomic E-state index is 0.164. The Hall–Kier alpha value is -1.87. The van der Waals surface area contributed by atoms with Crippen molar-refractivity contribution in [2.24, 2.45) is 0 Å². The Morgan fingerprint density at radius 2 is 2.35 bits per heavy atom. The maximum atomic E-state index is 11.9. The van der Waals surface area contributed by atoms with Gasteiger partial charge in [-0.2, -0.15) is 0 Å². The number of hydrogen-bond donors (Lipinski definition) is 2.